The molecule has 3 rings (SSSR count). The molecule has 92 valence electrons. The number of benzene rings is 1. The number of para-hydroxylation sites is 2. The predicted molar refractivity (Wildman–Crippen MR) is 75.0 cm³/mol. The van der Waals surface area contributed by atoms with Crippen molar-refractivity contribution in [1.82, 2.24) is 4.98 Å². The van der Waals surface area contributed by atoms with E-state index in [0.29, 0.717) is 0 Å². The van der Waals surface area contributed by atoms with E-state index in [0.717, 1.165) is 31.0 Å². The molecule has 1 aromatic heterocycles. The number of hydrogen-bond acceptors (Lipinski definition) is 3. The molecule has 1 aromatic carbocycles. The molecule has 0 saturated carbocycles. The van der Waals surface area contributed by atoms with Gasteiger partial charge in [-0.1, -0.05) is 18.2 Å². The fourth-order valence-corrected chi connectivity index (χ4v) is 2.39. The van der Waals surface area contributed by atoms with E-state index in [4.69, 9.17) is 0 Å². The number of nitrogens with one attached hydrogen (secondary N) is 1. The lowest BCUT2D eigenvalue weighted by atomic mass is 10.2. The van der Waals surface area contributed by atoms with Crippen molar-refractivity contribution in [2.75, 3.05) is 23.3 Å². The highest BCUT2D eigenvalue weighted by Gasteiger charge is 2.16. The first kappa shape index (κ1) is 11.1. The van der Waals surface area contributed by atoms with Crippen LogP contribution in [0.1, 0.15) is 11.4 Å². The van der Waals surface area contributed by atoms with E-state index < -0.39 is 0 Å². The second-order valence-corrected chi connectivity index (χ2v) is 4.64. The van der Waals surface area contributed by atoms with Crippen LogP contribution in [0.5, 0.6) is 0 Å². The lowest BCUT2D eigenvalue weighted by molar-refractivity contribution is 0.769. The van der Waals surface area contributed by atoms with Crippen molar-refractivity contribution < 1.29 is 0 Å². The van der Waals surface area contributed by atoms with Crippen LogP contribution >= 0.6 is 0 Å². The van der Waals surface area contributed by atoms with Crippen LogP contribution in [0.3, 0.4) is 0 Å². The Kier molecular flexibility index (Phi) is 2.89. The van der Waals surface area contributed by atoms with E-state index in [1.165, 1.54) is 11.4 Å². The molecule has 3 nitrogen and oxygen atoms in total. The topological polar surface area (TPSA) is 28.2 Å². The van der Waals surface area contributed by atoms with E-state index >= 15 is 0 Å². The molecule has 0 fully saturated rings. The molecule has 2 heterocycles. The third-order valence-electron chi connectivity index (χ3n) is 3.24. The standard InChI is InChI=1S/C15H17N3/c1-12-5-4-6-13(17-12)11-18-10-9-16-14-7-2-3-8-15(14)18/h2-8,16H,9-11H2,1H3. The number of rotatable bonds is 2. The summed E-state index contributed by atoms with van der Waals surface area (Å²) in [7, 11) is 0. The van der Waals surface area contributed by atoms with Gasteiger partial charge in [0.25, 0.3) is 0 Å². The van der Waals surface area contributed by atoms with E-state index in [1.54, 1.807) is 0 Å². The van der Waals surface area contributed by atoms with Crippen molar-refractivity contribution in [1.29, 1.82) is 0 Å². The van der Waals surface area contributed by atoms with E-state index in [-0.39, 0.29) is 0 Å². The minimum absolute atomic E-state index is 0.875. The molecule has 1 aliphatic heterocycles. The van der Waals surface area contributed by atoms with Crippen LogP contribution in [-0.2, 0) is 6.54 Å². The highest BCUT2D eigenvalue weighted by Crippen LogP contribution is 2.29. The van der Waals surface area contributed by atoms with Gasteiger partial charge in [-0.05, 0) is 31.2 Å². The largest absolute Gasteiger partial charge is 0.382 e. The molecular weight excluding hydrogens is 222 g/mol. The van der Waals surface area contributed by atoms with Crippen molar-refractivity contribution >= 4 is 11.4 Å². The molecule has 2 aromatic rings. The molecule has 18 heavy (non-hydrogen) atoms. The van der Waals surface area contributed by atoms with Gasteiger partial charge in [-0.25, -0.2) is 0 Å². The molecule has 0 atom stereocenters. The third kappa shape index (κ3) is 2.16. The molecule has 0 spiro atoms. The molecule has 1 N–H and O–H groups in total. The Morgan fingerprint density at radius 3 is 2.94 bits per heavy atom. The minimum Gasteiger partial charge on any atom is -0.382 e. The maximum Gasteiger partial charge on any atom is 0.0606 e. The first-order valence-corrected chi connectivity index (χ1v) is 6.33. The molecule has 0 bridgehead atoms. The van der Waals surface area contributed by atoms with Crippen LogP contribution in [0.25, 0.3) is 0 Å². The Morgan fingerprint density at radius 2 is 2.06 bits per heavy atom. The van der Waals surface area contributed by atoms with Gasteiger partial charge in [-0.2, -0.15) is 0 Å². The molecule has 0 saturated heterocycles. The summed E-state index contributed by atoms with van der Waals surface area (Å²) in [6.07, 6.45) is 0. The lowest BCUT2D eigenvalue weighted by Gasteiger charge is -2.31. The minimum atomic E-state index is 0.875. The quantitative estimate of drug-likeness (QED) is 0.873. The summed E-state index contributed by atoms with van der Waals surface area (Å²) in [4.78, 5) is 6.96. The maximum absolute atomic E-state index is 4.58. The van der Waals surface area contributed by atoms with Gasteiger partial charge < -0.3 is 10.2 Å². The van der Waals surface area contributed by atoms with Gasteiger partial charge in [0.1, 0.15) is 0 Å². The number of hydrogen-bond donors (Lipinski definition) is 1. The van der Waals surface area contributed by atoms with Gasteiger partial charge in [0.05, 0.1) is 23.6 Å². The van der Waals surface area contributed by atoms with E-state index in [9.17, 15) is 0 Å². The zero-order valence-electron chi connectivity index (χ0n) is 10.6. The Bertz CT molecular complexity index is 551. The van der Waals surface area contributed by atoms with Gasteiger partial charge in [0.2, 0.25) is 0 Å². The van der Waals surface area contributed by atoms with Gasteiger partial charge >= 0.3 is 0 Å². The number of nitrogens with zero attached hydrogens (tertiary/aromatic N) is 2. The second kappa shape index (κ2) is 4.69. The monoisotopic (exact) mass is 239 g/mol. The summed E-state index contributed by atoms with van der Waals surface area (Å²) in [6, 6.07) is 14.7. The van der Waals surface area contributed by atoms with Crippen molar-refractivity contribution in [2.45, 2.75) is 13.5 Å². The summed E-state index contributed by atoms with van der Waals surface area (Å²) in [5, 5.41) is 3.43. The smallest absolute Gasteiger partial charge is 0.0606 e. The number of aromatic nitrogens is 1. The number of aryl methyl sites for hydroxylation is 1. The number of anilines is 2. The maximum atomic E-state index is 4.58. The third-order valence-corrected chi connectivity index (χ3v) is 3.24. The van der Waals surface area contributed by atoms with Crippen LogP contribution in [0.2, 0.25) is 0 Å². The molecule has 0 amide bonds. The Balaban J connectivity index is 1.86. The Morgan fingerprint density at radius 1 is 1.17 bits per heavy atom. The van der Waals surface area contributed by atoms with Crippen LogP contribution in [0.4, 0.5) is 11.4 Å². The van der Waals surface area contributed by atoms with Gasteiger partial charge in [0.15, 0.2) is 0 Å². The van der Waals surface area contributed by atoms with Crippen LogP contribution in [-0.4, -0.2) is 18.1 Å². The Labute approximate surface area is 107 Å². The number of fused-ring (bicyclic) bond motifs is 1. The normalized spacial score (nSPS) is 13.9. The van der Waals surface area contributed by atoms with Crippen LogP contribution in [0, 0.1) is 6.92 Å². The molecule has 0 aliphatic carbocycles. The highest BCUT2D eigenvalue weighted by molar-refractivity contribution is 5.71. The number of pyridine rings is 1. The van der Waals surface area contributed by atoms with Crippen molar-refractivity contribution in [2.24, 2.45) is 0 Å². The summed E-state index contributed by atoms with van der Waals surface area (Å²) in [5.74, 6) is 0. The van der Waals surface area contributed by atoms with Crippen molar-refractivity contribution in [3.63, 3.8) is 0 Å². The fraction of sp³-hybridized carbons (Fsp3) is 0.267. The lowest BCUT2D eigenvalue weighted by Crippen LogP contribution is -2.33. The Hall–Kier alpha value is -2.03. The van der Waals surface area contributed by atoms with Gasteiger partial charge in [-0.3, -0.25) is 4.98 Å². The zero-order chi connectivity index (χ0) is 12.4. The average molecular weight is 239 g/mol. The molecular formula is C15H17N3. The molecule has 0 unspecified atom stereocenters. The first-order valence-electron chi connectivity index (χ1n) is 6.33. The highest BCUT2D eigenvalue weighted by atomic mass is 15.2. The SMILES string of the molecule is Cc1cccc(CN2CCNc3ccccc32)n1. The summed E-state index contributed by atoms with van der Waals surface area (Å²) in [5.41, 5.74) is 4.70. The fourth-order valence-electron chi connectivity index (χ4n) is 2.39. The van der Waals surface area contributed by atoms with Crippen LogP contribution < -0.4 is 10.2 Å². The van der Waals surface area contributed by atoms with Gasteiger partial charge in [0, 0.05) is 18.8 Å². The molecule has 0 radical (unpaired) electrons. The summed E-state index contributed by atoms with van der Waals surface area (Å²) in [6.45, 7) is 4.92. The summed E-state index contributed by atoms with van der Waals surface area (Å²) < 4.78 is 0. The second-order valence-electron chi connectivity index (χ2n) is 4.64. The van der Waals surface area contributed by atoms with Crippen molar-refractivity contribution in [3.05, 3.63) is 53.9 Å². The summed E-state index contributed by atoms with van der Waals surface area (Å²) >= 11 is 0. The van der Waals surface area contributed by atoms with E-state index in [1.807, 2.05) is 13.0 Å². The molecule has 1 aliphatic rings. The predicted octanol–water partition coefficient (Wildman–Crippen LogP) is 2.82. The molecule has 3 heteroatoms. The average Bonchev–Trinajstić information content (AvgIpc) is 2.39. The first-order chi connectivity index (χ1) is 8.83. The van der Waals surface area contributed by atoms with E-state index in [2.05, 4.69) is 51.6 Å². The van der Waals surface area contributed by atoms with Crippen molar-refractivity contribution in [3.8, 4) is 0 Å². The van der Waals surface area contributed by atoms with Gasteiger partial charge in [-0.15, -0.1) is 0 Å². The zero-order valence-corrected chi connectivity index (χ0v) is 10.6. The van der Waals surface area contributed by atoms with Crippen LogP contribution in [0.15, 0.2) is 42.5 Å².